The lowest BCUT2D eigenvalue weighted by molar-refractivity contribution is 0.0710. The topological polar surface area (TPSA) is 66.7 Å². The lowest BCUT2D eigenvalue weighted by atomic mass is 10.1. The standard InChI is InChI=1S/C17H16F3N3O3/c1-10-9-13(21-26-10)17(25)23-6-2-5-22(7-8-23)16(24)11-3-4-12(18)15(20)14(11)19/h3-4,9H,2,5-8H2,1H3. The van der Waals surface area contributed by atoms with Gasteiger partial charge in [0.1, 0.15) is 5.76 Å². The number of nitrogens with zero attached hydrogens (tertiary/aromatic N) is 3. The Morgan fingerprint density at radius 2 is 1.65 bits per heavy atom. The van der Waals surface area contributed by atoms with Crippen molar-refractivity contribution in [1.82, 2.24) is 15.0 Å². The molecule has 1 saturated heterocycles. The van der Waals surface area contributed by atoms with Gasteiger partial charge >= 0.3 is 0 Å². The summed E-state index contributed by atoms with van der Waals surface area (Å²) in [5, 5.41) is 3.68. The molecule has 9 heteroatoms. The van der Waals surface area contributed by atoms with Crippen molar-refractivity contribution in [2.75, 3.05) is 26.2 Å². The first-order valence-corrected chi connectivity index (χ1v) is 8.04. The number of carbonyl (C=O) groups is 2. The van der Waals surface area contributed by atoms with Crippen LogP contribution < -0.4 is 0 Å². The molecule has 138 valence electrons. The number of amides is 2. The van der Waals surface area contributed by atoms with Gasteiger partial charge in [0.25, 0.3) is 11.8 Å². The zero-order chi connectivity index (χ0) is 18.8. The normalized spacial score (nSPS) is 15.1. The third-order valence-electron chi connectivity index (χ3n) is 4.18. The number of halogens is 3. The minimum atomic E-state index is -1.68. The highest BCUT2D eigenvalue weighted by molar-refractivity contribution is 5.95. The minimum absolute atomic E-state index is 0.139. The van der Waals surface area contributed by atoms with Crippen LogP contribution in [0.15, 0.2) is 22.7 Å². The number of hydrogen-bond donors (Lipinski definition) is 0. The summed E-state index contributed by atoms with van der Waals surface area (Å²) in [6, 6.07) is 3.15. The van der Waals surface area contributed by atoms with Gasteiger partial charge in [-0.2, -0.15) is 0 Å². The summed E-state index contributed by atoms with van der Waals surface area (Å²) in [5.74, 6) is -5.10. The first-order valence-electron chi connectivity index (χ1n) is 8.04. The van der Waals surface area contributed by atoms with Gasteiger partial charge in [-0.3, -0.25) is 9.59 Å². The van der Waals surface area contributed by atoms with Gasteiger partial charge in [0.15, 0.2) is 23.1 Å². The maximum Gasteiger partial charge on any atom is 0.276 e. The molecule has 0 saturated carbocycles. The summed E-state index contributed by atoms with van der Waals surface area (Å²) in [6.45, 7) is 2.66. The van der Waals surface area contributed by atoms with Crippen molar-refractivity contribution in [3.05, 3.63) is 52.7 Å². The maximum atomic E-state index is 13.9. The van der Waals surface area contributed by atoms with Gasteiger partial charge in [0.2, 0.25) is 0 Å². The van der Waals surface area contributed by atoms with Crippen molar-refractivity contribution in [3.8, 4) is 0 Å². The van der Waals surface area contributed by atoms with Gasteiger partial charge in [-0.15, -0.1) is 0 Å². The van der Waals surface area contributed by atoms with Crippen LogP contribution in [0, 0.1) is 24.4 Å². The number of benzene rings is 1. The van der Waals surface area contributed by atoms with Gasteiger partial charge in [-0.05, 0) is 25.5 Å². The average Bonchev–Trinajstić information content (AvgIpc) is 2.91. The SMILES string of the molecule is Cc1cc(C(=O)N2CCCN(C(=O)c3ccc(F)c(F)c3F)CC2)no1. The molecule has 1 aromatic carbocycles. The largest absolute Gasteiger partial charge is 0.361 e. The van der Waals surface area contributed by atoms with E-state index in [0.29, 0.717) is 24.8 Å². The van der Waals surface area contributed by atoms with Gasteiger partial charge < -0.3 is 14.3 Å². The van der Waals surface area contributed by atoms with E-state index in [1.165, 1.54) is 15.9 Å². The van der Waals surface area contributed by atoms with E-state index in [2.05, 4.69) is 5.16 Å². The van der Waals surface area contributed by atoms with E-state index in [1.54, 1.807) is 6.92 Å². The van der Waals surface area contributed by atoms with Crippen LogP contribution in [0.25, 0.3) is 0 Å². The van der Waals surface area contributed by atoms with Crippen LogP contribution in [0.5, 0.6) is 0 Å². The van der Waals surface area contributed by atoms with E-state index in [4.69, 9.17) is 4.52 Å². The zero-order valence-corrected chi connectivity index (χ0v) is 14.0. The zero-order valence-electron chi connectivity index (χ0n) is 14.0. The molecule has 2 aromatic rings. The number of carbonyl (C=O) groups excluding carboxylic acids is 2. The Morgan fingerprint density at radius 3 is 2.27 bits per heavy atom. The fourth-order valence-electron chi connectivity index (χ4n) is 2.81. The van der Waals surface area contributed by atoms with Crippen LogP contribution in [0.2, 0.25) is 0 Å². The Labute approximate surface area is 147 Å². The van der Waals surface area contributed by atoms with E-state index in [9.17, 15) is 22.8 Å². The number of rotatable bonds is 2. The highest BCUT2D eigenvalue weighted by atomic mass is 19.2. The molecular weight excluding hydrogens is 351 g/mol. The van der Waals surface area contributed by atoms with Crippen molar-refractivity contribution in [3.63, 3.8) is 0 Å². The van der Waals surface area contributed by atoms with E-state index < -0.39 is 28.9 Å². The molecule has 6 nitrogen and oxygen atoms in total. The van der Waals surface area contributed by atoms with Crippen LogP contribution in [-0.4, -0.2) is 52.9 Å². The summed E-state index contributed by atoms with van der Waals surface area (Å²) < 4.78 is 45.1. The fourth-order valence-corrected chi connectivity index (χ4v) is 2.81. The molecule has 3 rings (SSSR count). The molecule has 1 aliphatic heterocycles. The van der Waals surface area contributed by atoms with Gasteiger partial charge in [-0.1, -0.05) is 5.16 Å². The molecule has 0 aliphatic carbocycles. The molecule has 2 amide bonds. The minimum Gasteiger partial charge on any atom is -0.361 e. The highest BCUT2D eigenvalue weighted by Gasteiger charge is 2.27. The Bertz CT molecular complexity index is 853. The lowest BCUT2D eigenvalue weighted by Crippen LogP contribution is -2.37. The van der Waals surface area contributed by atoms with Crippen LogP contribution in [0.3, 0.4) is 0 Å². The monoisotopic (exact) mass is 367 g/mol. The summed E-state index contributed by atoms with van der Waals surface area (Å²) in [6.07, 6.45) is 0.458. The summed E-state index contributed by atoms with van der Waals surface area (Å²) in [7, 11) is 0. The predicted molar refractivity (Wildman–Crippen MR) is 84.0 cm³/mol. The second-order valence-electron chi connectivity index (χ2n) is 5.98. The Hall–Kier alpha value is -2.84. The molecule has 0 atom stereocenters. The first-order chi connectivity index (χ1) is 12.4. The van der Waals surface area contributed by atoms with Gasteiger partial charge in [0.05, 0.1) is 5.56 Å². The third kappa shape index (κ3) is 3.42. The molecule has 1 aromatic heterocycles. The Morgan fingerprint density at radius 1 is 1.00 bits per heavy atom. The smallest absolute Gasteiger partial charge is 0.276 e. The maximum absolute atomic E-state index is 13.9. The number of aryl methyl sites for hydroxylation is 1. The molecule has 0 spiro atoms. The first kappa shape index (κ1) is 18.0. The molecule has 0 radical (unpaired) electrons. The quantitative estimate of drug-likeness (QED) is 0.765. The van der Waals surface area contributed by atoms with Crippen molar-refractivity contribution in [2.45, 2.75) is 13.3 Å². The van der Waals surface area contributed by atoms with Crippen LogP contribution in [0.1, 0.15) is 33.0 Å². The van der Waals surface area contributed by atoms with Crippen molar-refractivity contribution in [1.29, 1.82) is 0 Å². The van der Waals surface area contributed by atoms with Gasteiger partial charge in [-0.25, -0.2) is 13.2 Å². The third-order valence-corrected chi connectivity index (χ3v) is 4.18. The van der Waals surface area contributed by atoms with Crippen LogP contribution >= 0.6 is 0 Å². The van der Waals surface area contributed by atoms with Crippen molar-refractivity contribution in [2.24, 2.45) is 0 Å². The Kier molecular flexibility index (Phi) is 4.97. The predicted octanol–water partition coefficient (Wildman–Crippen LogP) is 2.39. The highest BCUT2D eigenvalue weighted by Crippen LogP contribution is 2.18. The van der Waals surface area contributed by atoms with E-state index in [1.807, 2.05) is 0 Å². The Balaban J connectivity index is 1.71. The second kappa shape index (κ2) is 7.19. The second-order valence-corrected chi connectivity index (χ2v) is 5.98. The molecule has 0 N–H and O–H groups in total. The van der Waals surface area contributed by atoms with E-state index in [0.717, 1.165) is 6.07 Å². The van der Waals surface area contributed by atoms with Crippen molar-refractivity contribution >= 4 is 11.8 Å². The van der Waals surface area contributed by atoms with Gasteiger partial charge in [0, 0.05) is 32.2 Å². The van der Waals surface area contributed by atoms with Crippen LogP contribution in [-0.2, 0) is 0 Å². The molecule has 2 heterocycles. The average molecular weight is 367 g/mol. The molecule has 0 unspecified atom stereocenters. The molecular formula is C17H16F3N3O3. The fraction of sp³-hybridized carbons (Fsp3) is 0.353. The molecule has 0 bridgehead atoms. The molecule has 1 aliphatic rings. The van der Waals surface area contributed by atoms with Crippen LogP contribution in [0.4, 0.5) is 13.2 Å². The lowest BCUT2D eigenvalue weighted by Gasteiger charge is -2.22. The molecule has 26 heavy (non-hydrogen) atoms. The number of hydrogen-bond acceptors (Lipinski definition) is 4. The summed E-state index contributed by atoms with van der Waals surface area (Å²) >= 11 is 0. The summed E-state index contributed by atoms with van der Waals surface area (Å²) in [4.78, 5) is 27.7. The summed E-state index contributed by atoms with van der Waals surface area (Å²) in [5.41, 5.74) is -0.357. The van der Waals surface area contributed by atoms with E-state index >= 15 is 0 Å². The van der Waals surface area contributed by atoms with E-state index in [-0.39, 0.29) is 31.2 Å². The number of aromatic nitrogens is 1. The molecule has 1 fully saturated rings. The van der Waals surface area contributed by atoms with Crippen molar-refractivity contribution < 1.29 is 27.3 Å².